The quantitative estimate of drug-likeness (QED) is 0.936. The smallest absolute Gasteiger partial charge is 0.267 e. The number of carbonyl (C=O) groups is 1. The van der Waals surface area contributed by atoms with E-state index in [2.05, 4.69) is 14.9 Å². The number of carbonyl (C=O) groups excluding carboxylic acids is 1. The molecule has 0 spiro atoms. The number of ether oxygens (including phenoxy) is 1. The fourth-order valence-corrected chi connectivity index (χ4v) is 2.71. The van der Waals surface area contributed by atoms with Crippen molar-refractivity contribution in [3.63, 3.8) is 0 Å². The first kappa shape index (κ1) is 15.3. The van der Waals surface area contributed by atoms with Crippen molar-refractivity contribution in [1.82, 2.24) is 9.97 Å². The van der Waals surface area contributed by atoms with Crippen LogP contribution in [0.4, 0.5) is 5.95 Å². The molecule has 1 fully saturated rings. The third kappa shape index (κ3) is 3.41. The van der Waals surface area contributed by atoms with Crippen LogP contribution in [0.2, 0.25) is 0 Å². The average molecular weight is 312 g/mol. The second kappa shape index (κ2) is 6.64. The molecule has 2 aromatic rings. The van der Waals surface area contributed by atoms with Crippen molar-refractivity contribution in [2.24, 2.45) is 5.73 Å². The summed E-state index contributed by atoms with van der Waals surface area (Å²) in [5, 5.41) is 0. The van der Waals surface area contributed by atoms with E-state index in [-0.39, 0.29) is 5.69 Å². The molecule has 0 bridgehead atoms. The summed E-state index contributed by atoms with van der Waals surface area (Å²) in [7, 11) is 1.62. The molecule has 0 unspecified atom stereocenters. The predicted molar refractivity (Wildman–Crippen MR) is 88.6 cm³/mol. The molecule has 6 nitrogen and oxygen atoms in total. The lowest BCUT2D eigenvalue weighted by Crippen LogP contribution is -2.31. The number of piperidine rings is 1. The van der Waals surface area contributed by atoms with Crippen molar-refractivity contribution in [3.05, 3.63) is 36.0 Å². The molecule has 1 aromatic heterocycles. The van der Waals surface area contributed by atoms with Gasteiger partial charge in [0.2, 0.25) is 5.95 Å². The van der Waals surface area contributed by atoms with E-state index in [1.165, 1.54) is 6.42 Å². The lowest BCUT2D eigenvalue weighted by Gasteiger charge is -2.27. The van der Waals surface area contributed by atoms with Crippen molar-refractivity contribution in [3.8, 4) is 17.0 Å². The average Bonchev–Trinajstić information content (AvgIpc) is 2.62. The molecule has 23 heavy (non-hydrogen) atoms. The van der Waals surface area contributed by atoms with Crippen molar-refractivity contribution in [2.75, 3.05) is 25.1 Å². The number of nitrogens with two attached hydrogens (primary N) is 1. The Morgan fingerprint density at radius 2 is 1.83 bits per heavy atom. The molecule has 0 aliphatic carbocycles. The zero-order valence-corrected chi connectivity index (χ0v) is 13.2. The zero-order valence-electron chi connectivity index (χ0n) is 13.2. The van der Waals surface area contributed by atoms with Gasteiger partial charge in [0.25, 0.3) is 5.91 Å². The third-order valence-corrected chi connectivity index (χ3v) is 3.99. The minimum Gasteiger partial charge on any atom is -0.497 e. The van der Waals surface area contributed by atoms with Gasteiger partial charge in [0.15, 0.2) is 0 Å². The zero-order chi connectivity index (χ0) is 16.2. The maximum atomic E-state index is 11.6. The maximum Gasteiger partial charge on any atom is 0.267 e. The van der Waals surface area contributed by atoms with Gasteiger partial charge in [-0.05, 0) is 49.6 Å². The van der Waals surface area contributed by atoms with Gasteiger partial charge >= 0.3 is 0 Å². The number of hydrogen-bond donors (Lipinski definition) is 1. The first-order valence-electron chi connectivity index (χ1n) is 7.75. The van der Waals surface area contributed by atoms with Gasteiger partial charge in [-0.25, -0.2) is 9.97 Å². The third-order valence-electron chi connectivity index (χ3n) is 3.99. The molecule has 120 valence electrons. The molecule has 0 saturated carbocycles. The molecular formula is C17H20N4O2. The van der Waals surface area contributed by atoms with E-state index in [1.54, 1.807) is 13.2 Å². The fourth-order valence-electron chi connectivity index (χ4n) is 2.71. The van der Waals surface area contributed by atoms with Gasteiger partial charge in [-0.15, -0.1) is 0 Å². The highest BCUT2D eigenvalue weighted by Crippen LogP contribution is 2.24. The van der Waals surface area contributed by atoms with Gasteiger partial charge in [0.1, 0.15) is 11.4 Å². The molecule has 1 aliphatic rings. The normalized spacial score (nSPS) is 14.6. The van der Waals surface area contributed by atoms with Crippen LogP contribution in [0.5, 0.6) is 5.75 Å². The predicted octanol–water partition coefficient (Wildman–Crippen LogP) is 2.24. The standard InChI is InChI=1S/C17H20N4O2/c1-23-13-7-5-12(6-8-13)14-11-15(16(18)22)20-17(19-14)21-9-3-2-4-10-21/h5-8,11H,2-4,9-10H2,1H3,(H2,18,22). The number of rotatable bonds is 4. The number of amides is 1. The Morgan fingerprint density at radius 3 is 2.43 bits per heavy atom. The number of nitrogens with zero attached hydrogens (tertiary/aromatic N) is 3. The van der Waals surface area contributed by atoms with Gasteiger partial charge in [-0.2, -0.15) is 0 Å². The largest absolute Gasteiger partial charge is 0.497 e. The first-order valence-corrected chi connectivity index (χ1v) is 7.75. The lowest BCUT2D eigenvalue weighted by molar-refractivity contribution is 0.0995. The van der Waals surface area contributed by atoms with Crippen LogP contribution in [-0.4, -0.2) is 36.1 Å². The minimum absolute atomic E-state index is 0.242. The van der Waals surface area contributed by atoms with E-state index in [4.69, 9.17) is 10.5 Å². The van der Waals surface area contributed by atoms with E-state index in [1.807, 2.05) is 24.3 Å². The monoisotopic (exact) mass is 312 g/mol. The molecule has 1 amide bonds. The molecular weight excluding hydrogens is 292 g/mol. The van der Waals surface area contributed by atoms with Crippen LogP contribution in [0.1, 0.15) is 29.8 Å². The molecule has 0 radical (unpaired) electrons. The van der Waals surface area contributed by atoms with Crippen molar-refractivity contribution >= 4 is 11.9 Å². The molecule has 1 saturated heterocycles. The van der Waals surface area contributed by atoms with Crippen LogP contribution < -0.4 is 15.4 Å². The van der Waals surface area contributed by atoms with Crippen molar-refractivity contribution in [1.29, 1.82) is 0 Å². The summed E-state index contributed by atoms with van der Waals surface area (Å²) < 4.78 is 5.17. The summed E-state index contributed by atoms with van der Waals surface area (Å²) in [5.74, 6) is 0.807. The highest BCUT2D eigenvalue weighted by Gasteiger charge is 2.17. The SMILES string of the molecule is COc1ccc(-c2cc(C(N)=O)nc(N3CCCCC3)n2)cc1. The van der Waals surface area contributed by atoms with Crippen LogP contribution in [0.25, 0.3) is 11.3 Å². The second-order valence-corrected chi connectivity index (χ2v) is 5.58. The summed E-state index contributed by atoms with van der Waals surface area (Å²) >= 11 is 0. The molecule has 2 heterocycles. The Labute approximate surface area is 135 Å². The highest BCUT2D eigenvalue weighted by molar-refractivity contribution is 5.92. The van der Waals surface area contributed by atoms with Crippen LogP contribution in [0.15, 0.2) is 30.3 Å². The Balaban J connectivity index is 2.00. The lowest BCUT2D eigenvalue weighted by atomic mass is 10.1. The second-order valence-electron chi connectivity index (χ2n) is 5.58. The molecule has 6 heteroatoms. The van der Waals surface area contributed by atoms with Crippen LogP contribution in [0.3, 0.4) is 0 Å². The minimum atomic E-state index is -0.541. The molecule has 1 aliphatic heterocycles. The van der Waals surface area contributed by atoms with Gasteiger partial charge in [0.05, 0.1) is 12.8 Å². The van der Waals surface area contributed by atoms with E-state index < -0.39 is 5.91 Å². The fraction of sp³-hybridized carbons (Fsp3) is 0.353. The number of anilines is 1. The summed E-state index contributed by atoms with van der Waals surface area (Å²) in [4.78, 5) is 22.7. The molecule has 3 rings (SSSR count). The molecule has 0 atom stereocenters. The summed E-state index contributed by atoms with van der Waals surface area (Å²) in [6.07, 6.45) is 3.45. The van der Waals surface area contributed by atoms with Crippen molar-refractivity contribution in [2.45, 2.75) is 19.3 Å². The number of primary amides is 1. The summed E-state index contributed by atoms with van der Waals surface area (Å²) in [6.45, 7) is 1.81. The van der Waals surface area contributed by atoms with Gasteiger partial charge in [-0.1, -0.05) is 0 Å². The number of aromatic nitrogens is 2. The van der Waals surface area contributed by atoms with E-state index >= 15 is 0 Å². The van der Waals surface area contributed by atoms with Crippen LogP contribution in [0, 0.1) is 0 Å². The number of methoxy groups -OCH3 is 1. The topological polar surface area (TPSA) is 81.3 Å². The van der Waals surface area contributed by atoms with Crippen LogP contribution >= 0.6 is 0 Å². The van der Waals surface area contributed by atoms with Crippen LogP contribution in [-0.2, 0) is 0 Å². The Bertz CT molecular complexity index is 694. The highest BCUT2D eigenvalue weighted by atomic mass is 16.5. The van der Waals surface area contributed by atoms with Crippen molar-refractivity contribution < 1.29 is 9.53 Å². The Morgan fingerprint density at radius 1 is 1.13 bits per heavy atom. The van der Waals surface area contributed by atoms with Gasteiger partial charge in [-0.3, -0.25) is 4.79 Å². The van der Waals surface area contributed by atoms with E-state index in [9.17, 15) is 4.79 Å². The Kier molecular flexibility index (Phi) is 4.41. The number of hydrogen-bond acceptors (Lipinski definition) is 5. The van der Waals surface area contributed by atoms with E-state index in [0.717, 1.165) is 37.2 Å². The Hall–Kier alpha value is -2.63. The maximum absolute atomic E-state index is 11.6. The van der Waals surface area contributed by atoms with E-state index in [0.29, 0.717) is 11.6 Å². The van der Waals surface area contributed by atoms with Gasteiger partial charge < -0.3 is 15.4 Å². The molecule has 2 N–H and O–H groups in total. The summed E-state index contributed by atoms with van der Waals surface area (Å²) in [5.41, 5.74) is 7.27. The van der Waals surface area contributed by atoms with Gasteiger partial charge in [0, 0.05) is 18.7 Å². The first-order chi connectivity index (χ1) is 11.2. The summed E-state index contributed by atoms with van der Waals surface area (Å²) in [6, 6.07) is 9.18. The molecule has 1 aromatic carbocycles. The number of benzene rings is 1.